The molecule has 0 unspecified atom stereocenters. The zero-order chi connectivity index (χ0) is 13.5. The Morgan fingerprint density at radius 1 is 1.44 bits per heavy atom. The maximum atomic E-state index is 10.4. The van der Waals surface area contributed by atoms with Crippen LogP contribution in [0, 0.1) is 0 Å². The molecule has 5 heteroatoms. The molecular formula is C13H19NO4. The zero-order valence-corrected chi connectivity index (χ0v) is 10.7. The summed E-state index contributed by atoms with van der Waals surface area (Å²) in [6, 6.07) is 5.26. The van der Waals surface area contributed by atoms with Crippen molar-refractivity contribution in [3.63, 3.8) is 0 Å². The highest BCUT2D eigenvalue weighted by Gasteiger charge is 2.06. The van der Waals surface area contributed by atoms with Crippen molar-refractivity contribution < 1.29 is 19.7 Å². The molecule has 0 aliphatic rings. The summed E-state index contributed by atoms with van der Waals surface area (Å²) in [6.45, 7) is 1.37. The van der Waals surface area contributed by atoms with Gasteiger partial charge in [-0.3, -0.25) is 4.79 Å². The molecule has 0 bridgehead atoms. The monoisotopic (exact) mass is 253 g/mol. The molecule has 1 aromatic carbocycles. The molecule has 0 aromatic heterocycles. The third-order valence-electron chi connectivity index (χ3n) is 2.63. The van der Waals surface area contributed by atoms with E-state index < -0.39 is 5.97 Å². The maximum absolute atomic E-state index is 10.4. The number of aliphatic carboxylic acids is 1. The predicted molar refractivity (Wildman–Crippen MR) is 67.9 cm³/mol. The third kappa shape index (κ3) is 4.63. The molecule has 0 saturated heterocycles. The van der Waals surface area contributed by atoms with E-state index in [0.29, 0.717) is 25.3 Å². The molecule has 5 nitrogen and oxygen atoms in total. The predicted octanol–water partition coefficient (Wildman–Crippen LogP) is 1.70. The van der Waals surface area contributed by atoms with Gasteiger partial charge in [-0.25, -0.2) is 0 Å². The minimum absolute atomic E-state index is 0.119. The standard InChI is InChI=1S/C13H19NO4/c1-14(7-3-4-13(16)17)9-10-5-6-12(18-2)11(15)8-10/h5-6,8,15H,3-4,7,9H2,1-2H3,(H,16,17). The molecule has 0 radical (unpaired) electrons. The molecule has 0 heterocycles. The number of ether oxygens (including phenoxy) is 1. The van der Waals surface area contributed by atoms with Gasteiger partial charge in [0.1, 0.15) is 0 Å². The quantitative estimate of drug-likeness (QED) is 0.774. The van der Waals surface area contributed by atoms with Gasteiger partial charge >= 0.3 is 5.97 Å². The summed E-state index contributed by atoms with van der Waals surface area (Å²) < 4.78 is 4.97. The van der Waals surface area contributed by atoms with Crippen LogP contribution in [0.25, 0.3) is 0 Å². The fraction of sp³-hybridized carbons (Fsp3) is 0.462. The molecule has 0 saturated carbocycles. The number of carbonyl (C=O) groups is 1. The highest BCUT2D eigenvalue weighted by molar-refractivity contribution is 5.66. The minimum atomic E-state index is -0.773. The van der Waals surface area contributed by atoms with E-state index in [9.17, 15) is 9.90 Å². The largest absolute Gasteiger partial charge is 0.504 e. The molecule has 0 fully saturated rings. The highest BCUT2D eigenvalue weighted by Crippen LogP contribution is 2.26. The van der Waals surface area contributed by atoms with Crippen LogP contribution >= 0.6 is 0 Å². The third-order valence-corrected chi connectivity index (χ3v) is 2.63. The van der Waals surface area contributed by atoms with Crippen LogP contribution in [-0.4, -0.2) is 41.8 Å². The van der Waals surface area contributed by atoms with E-state index in [2.05, 4.69) is 0 Å². The van der Waals surface area contributed by atoms with Crippen LogP contribution in [0.3, 0.4) is 0 Å². The fourth-order valence-corrected chi connectivity index (χ4v) is 1.72. The van der Waals surface area contributed by atoms with Gasteiger partial charge in [-0.1, -0.05) is 6.07 Å². The Morgan fingerprint density at radius 2 is 2.17 bits per heavy atom. The van der Waals surface area contributed by atoms with Gasteiger partial charge in [0.2, 0.25) is 0 Å². The summed E-state index contributed by atoms with van der Waals surface area (Å²) in [7, 11) is 3.43. The van der Waals surface area contributed by atoms with Gasteiger partial charge in [0.25, 0.3) is 0 Å². The first kappa shape index (κ1) is 14.3. The molecule has 18 heavy (non-hydrogen) atoms. The van der Waals surface area contributed by atoms with Gasteiger partial charge in [-0.2, -0.15) is 0 Å². The number of carboxylic acid groups (broad SMARTS) is 1. The number of nitrogens with zero attached hydrogens (tertiary/aromatic N) is 1. The Bertz CT molecular complexity index is 406. The maximum Gasteiger partial charge on any atom is 0.303 e. The molecule has 100 valence electrons. The number of phenols is 1. The molecule has 2 N–H and O–H groups in total. The number of carboxylic acids is 1. The van der Waals surface area contributed by atoms with Crippen molar-refractivity contribution in [2.45, 2.75) is 19.4 Å². The normalized spacial score (nSPS) is 10.6. The van der Waals surface area contributed by atoms with Crippen LogP contribution in [0.1, 0.15) is 18.4 Å². The lowest BCUT2D eigenvalue weighted by Crippen LogP contribution is -2.19. The number of hydrogen-bond donors (Lipinski definition) is 2. The SMILES string of the molecule is COc1ccc(CN(C)CCCC(=O)O)cc1O. The Hall–Kier alpha value is -1.75. The second-order valence-electron chi connectivity index (χ2n) is 4.24. The lowest BCUT2D eigenvalue weighted by atomic mass is 10.2. The second kappa shape index (κ2) is 6.86. The lowest BCUT2D eigenvalue weighted by molar-refractivity contribution is -0.137. The first-order valence-electron chi connectivity index (χ1n) is 5.79. The smallest absolute Gasteiger partial charge is 0.303 e. The van der Waals surface area contributed by atoms with E-state index in [1.807, 2.05) is 18.0 Å². The summed E-state index contributed by atoms with van der Waals surface area (Å²) in [5.41, 5.74) is 0.964. The Balaban J connectivity index is 2.46. The van der Waals surface area contributed by atoms with Crippen LogP contribution in [-0.2, 0) is 11.3 Å². The number of benzene rings is 1. The van der Waals surface area contributed by atoms with Gasteiger partial charge in [-0.15, -0.1) is 0 Å². The fourth-order valence-electron chi connectivity index (χ4n) is 1.72. The van der Waals surface area contributed by atoms with E-state index in [4.69, 9.17) is 9.84 Å². The van der Waals surface area contributed by atoms with Crippen molar-refractivity contribution in [2.75, 3.05) is 20.7 Å². The van der Waals surface area contributed by atoms with E-state index >= 15 is 0 Å². The van der Waals surface area contributed by atoms with Crippen LogP contribution < -0.4 is 4.74 Å². The summed E-state index contributed by atoms with van der Waals surface area (Å²) in [5, 5.41) is 18.2. The highest BCUT2D eigenvalue weighted by atomic mass is 16.5. The average molecular weight is 253 g/mol. The van der Waals surface area contributed by atoms with Crippen LogP contribution in [0.15, 0.2) is 18.2 Å². The molecule has 1 aromatic rings. The Kier molecular flexibility index (Phi) is 5.45. The molecule has 0 spiro atoms. The van der Waals surface area contributed by atoms with Crippen LogP contribution in [0.2, 0.25) is 0 Å². The summed E-state index contributed by atoms with van der Waals surface area (Å²) in [6.07, 6.45) is 0.798. The van der Waals surface area contributed by atoms with E-state index in [0.717, 1.165) is 5.56 Å². The van der Waals surface area contributed by atoms with E-state index in [1.165, 1.54) is 7.11 Å². The number of aromatic hydroxyl groups is 1. The topological polar surface area (TPSA) is 70.0 Å². The van der Waals surface area contributed by atoms with Crippen molar-refractivity contribution in [3.05, 3.63) is 23.8 Å². The van der Waals surface area contributed by atoms with Crippen molar-refractivity contribution in [1.82, 2.24) is 4.90 Å². The molecule has 0 atom stereocenters. The Labute approximate surface area is 107 Å². The van der Waals surface area contributed by atoms with E-state index in [-0.39, 0.29) is 12.2 Å². The number of phenolic OH excluding ortho intramolecular Hbond substituents is 1. The van der Waals surface area contributed by atoms with E-state index in [1.54, 1.807) is 12.1 Å². The number of hydrogen-bond acceptors (Lipinski definition) is 4. The van der Waals surface area contributed by atoms with Gasteiger partial charge in [0, 0.05) is 13.0 Å². The van der Waals surface area contributed by atoms with Gasteiger partial charge < -0.3 is 19.8 Å². The molecule has 0 aliphatic heterocycles. The molecule has 0 aliphatic carbocycles. The Morgan fingerprint density at radius 3 is 2.72 bits per heavy atom. The van der Waals surface area contributed by atoms with Crippen molar-refractivity contribution in [1.29, 1.82) is 0 Å². The summed E-state index contributed by atoms with van der Waals surface area (Å²) in [5.74, 6) is -0.202. The van der Waals surface area contributed by atoms with Crippen LogP contribution in [0.4, 0.5) is 0 Å². The minimum Gasteiger partial charge on any atom is -0.504 e. The van der Waals surface area contributed by atoms with Crippen molar-refractivity contribution >= 4 is 5.97 Å². The van der Waals surface area contributed by atoms with Gasteiger partial charge in [0.15, 0.2) is 11.5 Å². The van der Waals surface area contributed by atoms with Crippen molar-refractivity contribution in [3.8, 4) is 11.5 Å². The number of rotatable bonds is 7. The lowest BCUT2D eigenvalue weighted by Gasteiger charge is -2.16. The van der Waals surface area contributed by atoms with Crippen LogP contribution in [0.5, 0.6) is 11.5 Å². The molecular weight excluding hydrogens is 234 g/mol. The number of methoxy groups -OCH3 is 1. The zero-order valence-electron chi connectivity index (χ0n) is 10.7. The first-order valence-corrected chi connectivity index (χ1v) is 5.79. The average Bonchev–Trinajstić information content (AvgIpc) is 2.28. The second-order valence-corrected chi connectivity index (χ2v) is 4.24. The van der Waals surface area contributed by atoms with Gasteiger partial charge in [-0.05, 0) is 37.7 Å². The van der Waals surface area contributed by atoms with Crippen molar-refractivity contribution in [2.24, 2.45) is 0 Å². The molecule has 1 rings (SSSR count). The van der Waals surface area contributed by atoms with Gasteiger partial charge in [0.05, 0.1) is 7.11 Å². The first-order chi connectivity index (χ1) is 8.52. The molecule has 0 amide bonds. The summed E-state index contributed by atoms with van der Waals surface area (Å²) >= 11 is 0. The summed E-state index contributed by atoms with van der Waals surface area (Å²) in [4.78, 5) is 12.4.